The standard InChI is InChI=1S/C15H14F2N2O/c16-11-1-4-14(13(17)7-11)20-15-9-18-6-5-10(15)8-19-12-2-3-12/h1,4-7,9,12,19H,2-3,8H2. The molecule has 1 N–H and O–H groups in total. The third-order valence-corrected chi connectivity index (χ3v) is 3.14. The van der Waals surface area contributed by atoms with Crippen molar-refractivity contribution >= 4 is 0 Å². The zero-order chi connectivity index (χ0) is 13.9. The first-order chi connectivity index (χ1) is 9.72. The van der Waals surface area contributed by atoms with E-state index < -0.39 is 11.6 Å². The van der Waals surface area contributed by atoms with Gasteiger partial charge in [0.1, 0.15) is 11.6 Å². The zero-order valence-corrected chi connectivity index (χ0v) is 10.8. The number of hydrogen-bond acceptors (Lipinski definition) is 3. The van der Waals surface area contributed by atoms with E-state index in [1.807, 2.05) is 6.07 Å². The molecule has 0 unspecified atom stereocenters. The highest BCUT2D eigenvalue weighted by atomic mass is 19.1. The van der Waals surface area contributed by atoms with Gasteiger partial charge in [-0.1, -0.05) is 0 Å². The molecule has 0 amide bonds. The van der Waals surface area contributed by atoms with Crippen LogP contribution in [0.4, 0.5) is 8.78 Å². The Balaban J connectivity index is 1.78. The van der Waals surface area contributed by atoms with Gasteiger partial charge in [-0.3, -0.25) is 4.98 Å². The molecule has 1 fully saturated rings. The van der Waals surface area contributed by atoms with E-state index in [-0.39, 0.29) is 5.75 Å². The molecule has 2 aromatic rings. The van der Waals surface area contributed by atoms with E-state index in [2.05, 4.69) is 10.3 Å². The molecule has 1 aromatic carbocycles. The van der Waals surface area contributed by atoms with Gasteiger partial charge in [-0.15, -0.1) is 0 Å². The van der Waals surface area contributed by atoms with E-state index >= 15 is 0 Å². The van der Waals surface area contributed by atoms with Crippen LogP contribution in [0.1, 0.15) is 18.4 Å². The van der Waals surface area contributed by atoms with Crippen molar-refractivity contribution in [3.05, 3.63) is 53.9 Å². The molecule has 1 aliphatic carbocycles. The minimum Gasteiger partial charge on any atom is -0.452 e. The van der Waals surface area contributed by atoms with Crippen LogP contribution in [0.5, 0.6) is 11.5 Å². The second-order valence-corrected chi connectivity index (χ2v) is 4.82. The van der Waals surface area contributed by atoms with Gasteiger partial charge in [-0.2, -0.15) is 0 Å². The van der Waals surface area contributed by atoms with E-state index in [1.165, 1.54) is 25.1 Å². The molecule has 0 bridgehead atoms. The third kappa shape index (κ3) is 3.11. The molecule has 1 heterocycles. The summed E-state index contributed by atoms with van der Waals surface area (Å²) in [7, 11) is 0. The zero-order valence-electron chi connectivity index (χ0n) is 10.8. The number of pyridine rings is 1. The van der Waals surface area contributed by atoms with Gasteiger partial charge in [-0.05, 0) is 31.0 Å². The lowest BCUT2D eigenvalue weighted by atomic mass is 10.2. The fourth-order valence-electron chi connectivity index (χ4n) is 1.86. The molecule has 0 radical (unpaired) electrons. The lowest BCUT2D eigenvalue weighted by Crippen LogP contribution is -2.15. The summed E-state index contributed by atoms with van der Waals surface area (Å²) >= 11 is 0. The highest BCUT2D eigenvalue weighted by Crippen LogP contribution is 2.28. The van der Waals surface area contributed by atoms with Gasteiger partial charge in [0.25, 0.3) is 0 Å². The van der Waals surface area contributed by atoms with Crippen LogP contribution < -0.4 is 10.1 Å². The van der Waals surface area contributed by atoms with Crippen molar-refractivity contribution < 1.29 is 13.5 Å². The minimum absolute atomic E-state index is 0.00734. The quantitative estimate of drug-likeness (QED) is 0.908. The molecular formula is C15H14F2N2O. The maximum absolute atomic E-state index is 13.6. The van der Waals surface area contributed by atoms with Gasteiger partial charge in [0.05, 0.1) is 6.20 Å². The number of nitrogens with one attached hydrogen (secondary N) is 1. The predicted molar refractivity (Wildman–Crippen MR) is 70.5 cm³/mol. The molecule has 0 aliphatic heterocycles. The summed E-state index contributed by atoms with van der Waals surface area (Å²) in [6, 6.07) is 5.63. The van der Waals surface area contributed by atoms with E-state index in [0.29, 0.717) is 18.3 Å². The van der Waals surface area contributed by atoms with E-state index in [9.17, 15) is 8.78 Å². The normalized spacial score (nSPS) is 14.3. The van der Waals surface area contributed by atoms with Crippen molar-refractivity contribution in [2.45, 2.75) is 25.4 Å². The second kappa shape index (κ2) is 5.54. The molecule has 20 heavy (non-hydrogen) atoms. The predicted octanol–water partition coefficient (Wildman–Crippen LogP) is 3.40. The number of benzene rings is 1. The van der Waals surface area contributed by atoms with Crippen molar-refractivity contribution in [1.29, 1.82) is 0 Å². The molecule has 1 aliphatic rings. The third-order valence-electron chi connectivity index (χ3n) is 3.14. The van der Waals surface area contributed by atoms with Crippen LogP contribution in [-0.4, -0.2) is 11.0 Å². The molecule has 3 rings (SSSR count). The Morgan fingerprint density at radius 1 is 1.20 bits per heavy atom. The molecule has 0 atom stereocenters. The van der Waals surface area contributed by atoms with E-state index in [4.69, 9.17) is 4.74 Å². The first-order valence-corrected chi connectivity index (χ1v) is 6.51. The Bertz CT molecular complexity index is 615. The van der Waals surface area contributed by atoms with Crippen LogP contribution in [0.2, 0.25) is 0 Å². The Morgan fingerprint density at radius 2 is 2.05 bits per heavy atom. The average molecular weight is 276 g/mol. The average Bonchev–Trinajstić information content (AvgIpc) is 3.25. The summed E-state index contributed by atoms with van der Waals surface area (Å²) < 4.78 is 32.0. The number of nitrogens with zero attached hydrogens (tertiary/aromatic N) is 1. The Labute approximate surface area is 115 Å². The maximum Gasteiger partial charge on any atom is 0.168 e. The van der Waals surface area contributed by atoms with Gasteiger partial charge in [-0.25, -0.2) is 8.78 Å². The van der Waals surface area contributed by atoms with Gasteiger partial charge in [0.15, 0.2) is 11.6 Å². The first-order valence-electron chi connectivity index (χ1n) is 6.51. The van der Waals surface area contributed by atoms with Gasteiger partial charge >= 0.3 is 0 Å². The summed E-state index contributed by atoms with van der Waals surface area (Å²) in [6.45, 7) is 0.644. The molecular weight excluding hydrogens is 262 g/mol. The lowest BCUT2D eigenvalue weighted by Gasteiger charge is -2.11. The minimum atomic E-state index is -0.727. The molecule has 104 valence electrons. The highest BCUT2D eigenvalue weighted by Gasteiger charge is 2.20. The number of rotatable bonds is 5. The molecule has 0 spiro atoms. The highest BCUT2D eigenvalue weighted by molar-refractivity contribution is 5.36. The fraction of sp³-hybridized carbons (Fsp3) is 0.267. The fourth-order valence-corrected chi connectivity index (χ4v) is 1.86. The summed E-state index contributed by atoms with van der Waals surface area (Å²) in [5, 5.41) is 3.36. The summed E-state index contributed by atoms with van der Waals surface area (Å²) in [6.07, 6.45) is 5.58. The van der Waals surface area contributed by atoms with Crippen LogP contribution in [0, 0.1) is 11.6 Å². The lowest BCUT2D eigenvalue weighted by molar-refractivity contribution is 0.430. The summed E-state index contributed by atoms with van der Waals surface area (Å²) in [5.41, 5.74) is 0.899. The maximum atomic E-state index is 13.6. The van der Waals surface area contributed by atoms with Crippen LogP contribution in [0.25, 0.3) is 0 Å². The van der Waals surface area contributed by atoms with Gasteiger partial charge in [0.2, 0.25) is 0 Å². The van der Waals surface area contributed by atoms with Gasteiger partial charge < -0.3 is 10.1 Å². The molecule has 1 saturated carbocycles. The number of hydrogen-bond donors (Lipinski definition) is 1. The van der Waals surface area contributed by atoms with Gasteiger partial charge in [0, 0.05) is 30.4 Å². The smallest absolute Gasteiger partial charge is 0.168 e. The Morgan fingerprint density at radius 3 is 2.80 bits per heavy atom. The Kier molecular flexibility index (Phi) is 3.60. The second-order valence-electron chi connectivity index (χ2n) is 4.82. The van der Waals surface area contributed by atoms with E-state index in [0.717, 1.165) is 17.7 Å². The number of halogens is 2. The van der Waals surface area contributed by atoms with Crippen LogP contribution in [0.15, 0.2) is 36.7 Å². The summed E-state index contributed by atoms with van der Waals surface area (Å²) in [4.78, 5) is 3.98. The van der Waals surface area contributed by atoms with E-state index in [1.54, 1.807) is 6.20 Å². The largest absolute Gasteiger partial charge is 0.452 e. The number of ether oxygens (including phenoxy) is 1. The van der Waals surface area contributed by atoms with Crippen molar-refractivity contribution in [3.63, 3.8) is 0 Å². The SMILES string of the molecule is Fc1ccc(Oc2cnccc2CNC2CC2)c(F)c1. The van der Waals surface area contributed by atoms with Crippen LogP contribution in [0.3, 0.4) is 0 Å². The molecule has 1 aromatic heterocycles. The molecule has 3 nitrogen and oxygen atoms in total. The topological polar surface area (TPSA) is 34.1 Å². The summed E-state index contributed by atoms with van der Waals surface area (Å²) in [5.74, 6) is -0.884. The molecule has 5 heteroatoms. The van der Waals surface area contributed by atoms with Crippen LogP contribution >= 0.6 is 0 Å². The first kappa shape index (κ1) is 13.0. The van der Waals surface area contributed by atoms with Crippen molar-refractivity contribution in [2.75, 3.05) is 0 Å². The monoisotopic (exact) mass is 276 g/mol. The Hall–Kier alpha value is -2.01. The molecule has 0 saturated heterocycles. The van der Waals surface area contributed by atoms with Crippen LogP contribution in [-0.2, 0) is 6.54 Å². The number of aromatic nitrogens is 1. The van der Waals surface area contributed by atoms with Crippen molar-refractivity contribution in [3.8, 4) is 11.5 Å². The van der Waals surface area contributed by atoms with Crippen molar-refractivity contribution in [2.24, 2.45) is 0 Å². The van der Waals surface area contributed by atoms with Crippen molar-refractivity contribution in [1.82, 2.24) is 10.3 Å².